The first-order valence-corrected chi connectivity index (χ1v) is 9.76. The van der Waals surface area contributed by atoms with E-state index in [1.807, 2.05) is 61.2 Å². The monoisotopic (exact) mass is 384 g/mol. The number of para-hydroxylation sites is 1. The molecule has 0 N–H and O–H groups in total. The predicted octanol–water partition coefficient (Wildman–Crippen LogP) is 3.07. The molecular formula is C20H24N4O2S. The number of nitrogens with zero attached hydrogens (tertiary/aromatic N) is 4. The second-order valence-corrected chi connectivity index (χ2v) is 7.51. The highest BCUT2D eigenvalue weighted by Crippen LogP contribution is 2.19. The van der Waals surface area contributed by atoms with Crippen molar-refractivity contribution in [2.45, 2.75) is 40.3 Å². The zero-order valence-electron chi connectivity index (χ0n) is 16.1. The highest BCUT2D eigenvalue weighted by molar-refractivity contribution is 7.07. The van der Waals surface area contributed by atoms with E-state index in [2.05, 4.69) is 5.10 Å². The van der Waals surface area contributed by atoms with E-state index in [9.17, 15) is 9.59 Å². The molecule has 142 valence electrons. The van der Waals surface area contributed by atoms with Crippen molar-refractivity contribution in [2.24, 2.45) is 0 Å². The van der Waals surface area contributed by atoms with Crippen LogP contribution in [0.5, 0.6) is 0 Å². The van der Waals surface area contributed by atoms with Crippen molar-refractivity contribution in [2.75, 3.05) is 7.05 Å². The zero-order chi connectivity index (χ0) is 19.6. The van der Waals surface area contributed by atoms with Gasteiger partial charge >= 0.3 is 4.87 Å². The molecule has 0 aliphatic rings. The first-order valence-electron chi connectivity index (χ1n) is 8.88. The van der Waals surface area contributed by atoms with Gasteiger partial charge in [-0.25, -0.2) is 4.68 Å². The minimum atomic E-state index is -0.0150. The third kappa shape index (κ3) is 4.03. The van der Waals surface area contributed by atoms with Crippen molar-refractivity contribution in [1.29, 1.82) is 0 Å². The first-order chi connectivity index (χ1) is 12.9. The lowest BCUT2D eigenvalue weighted by Crippen LogP contribution is -2.28. The van der Waals surface area contributed by atoms with Crippen LogP contribution in [0.1, 0.15) is 29.1 Å². The predicted molar refractivity (Wildman–Crippen MR) is 107 cm³/mol. The van der Waals surface area contributed by atoms with Gasteiger partial charge in [-0.2, -0.15) is 5.10 Å². The SMILES string of the molecule is Cc1nn(-c2ccccc2)c(C)c1CN(C)C(=O)CCn1c(C)csc1=O. The van der Waals surface area contributed by atoms with E-state index >= 15 is 0 Å². The Morgan fingerprint density at radius 2 is 1.89 bits per heavy atom. The molecule has 3 rings (SSSR count). The van der Waals surface area contributed by atoms with Gasteiger partial charge in [-0.05, 0) is 32.9 Å². The largest absolute Gasteiger partial charge is 0.341 e. The van der Waals surface area contributed by atoms with Gasteiger partial charge < -0.3 is 9.47 Å². The van der Waals surface area contributed by atoms with Crippen LogP contribution in [-0.2, 0) is 17.9 Å². The standard InChI is InChI=1S/C20H24N4O2S/c1-14-13-27-20(26)23(14)11-10-19(25)22(4)12-18-15(2)21-24(16(18)3)17-8-6-5-7-9-17/h5-9,13H,10-12H2,1-4H3. The maximum Gasteiger partial charge on any atom is 0.307 e. The van der Waals surface area contributed by atoms with E-state index in [1.54, 1.807) is 16.5 Å². The maximum absolute atomic E-state index is 12.6. The topological polar surface area (TPSA) is 60.1 Å². The molecule has 1 aromatic carbocycles. The van der Waals surface area contributed by atoms with Gasteiger partial charge in [-0.3, -0.25) is 9.59 Å². The number of hydrogen-bond acceptors (Lipinski definition) is 4. The Morgan fingerprint density at radius 3 is 2.52 bits per heavy atom. The number of aromatic nitrogens is 3. The van der Waals surface area contributed by atoms with Gasteiger partial charge in [-0.1, -0.05) is 29.5 Å². The number of thiazole rings is 1. The molecule has 0 atom stereocenters. The highest BCUT2D eigenvalue weighted by atomic mass is 32.1. The summed E-state index contributed by atoms with van der Waals surface area (Å²) in [5.41, 5.74) is 4.91. The summed E-state index contributed by atoms with van der Waals surface area (Å²) in [4.78, 5) is 26.0. The van der Waals surface area contributed by atoms with E-state index in [0.717, 1.165) is 28.3 Å². The highest BCUT2D eigenvalue weighted by Gasteiger charge is 2.17. The van der Waals surface area contributed by atoms with E-state index in [1.165, 1.54) is 11.3 Å². The van der Waals surface area contributed by atoms with Crippen LogP contribution in [0.2, 0.25) is 0 Å². The van der Waals surface area contributed by atoms with Gasteiger partial charge in [0.05, 0.1) is 11.4 Å². The number of amides is 1. The maximum atomic E-state index is 12.6. The summed E-state index contributed by atoms with van der Waals surface area (Å²) >= 11 is 1.17. The average molecular weight is 385 g/mol. The Morgan fingerprint density at radius 1 is 1.19 bits per heavy atom. The number of aryl methyl sites for hydroxylation is 2. The van der Waals surface area contributed by atoms with Crippen molar-refractivity contribution >= 4 is 17.2 Å². The molecule has 27 heavy (non-hydrogen) atoms. The van der Waals surface area contributed by atoms with Crippen molar-refractivity contribution in [3.8, 4) is 5.69 Å². The van der Waals surface area contributed by atoms with Crippen molar-refractivity contribution in [1.82, 2.24) is 19.2 Å². The smallest absolute Gasteiger partial charge is 0.307 e. The molecule has 0 saturated carbocycles. The van der Waals surface area contributed by atoms with E-state index in [-0.39, 0.29) is 10.8 Å². The van der Waals surface area contributed by atoms with Crippen LogP contribution in [0.3, 0.4) is 0 Å². The molecule has 0 unspecified atom stereocenters. The van der Waals surface area contributed by atoms with Gasteiger partial charge in [0.2, 0.25) is 5.91 Å². The van der Waals surface area contributed by atoms with Crippen LogP contribution in [0, 0.1) is 20.8 Å². The fraction of sp³-hybridized carbons (Fsp3) is 0.350. The Hall–Kier alpha value is -2.67. The summed E-state index contributed by atoms with van der Waals surface area (Å²) < 4.78 is 3.57. The molecule has 6 nitrogen and oxygen atoms in total. The molecule has 0 spiro atoms. The molecule has 0 saturated heterocycles. The minimum absolute atomic E-state index is 0.0127. The summed E-state index contributed by atoms with van der Waals surface area (Å²) in [7, 11) is 1.80. The lowest BCUT2D eigenvalue weighted by molar-refractivity contribution is -0.130. The Bertz CT molecular complexity index is 1000. The van der Waals surface area contributed by atoms with Crippen LogP contribution in [0.4, 0.5) is 0 Å². The van der Waals surface area contributed by atoms with Gasteiger partial charge in [0.1, 0.15) is 0 Å². The van der Waals surface area contributed by atoms with E-state index < -0.39 is 0 Å². The van der Waals surface area contributed by atoms with Crippen molar-refractivity contribution < 1.29 is 4.79 Å². The molecule has 7 heteroatoms. The summed E-state index contributed by atoms with van der Waals surface area (Å²) in [5, 5.41) is 6.46. The van der Waals surface area contributed by atoms with Crippen LogP contribution in [0.15, 0.2) is 40.5 Å². The minimum Gasteiger partial charge on any atom is -0.341 e. The lowest BCUT2D eigenvalue weighted by Gasteiger charge is -2.18. The average Bonchev–Trinajstić information content (AvgIpc) is 3.13. The quantitative estimate of drug-likeness (QED) is 0.656. The summed E-state index contributed by atoms with van der Waals surface area (Å²) in [6.07, 6.45) is 0.304. The van der Waals surface area contributed by atoms with Crippen LogP contribution in [0.25, 0.3) is 5.69 Å². The van der Waals surface area contributed by atoms with Gasteiger partial charge in [0, 0.05) is 48.9 Å². The fourth-order valence-electron chi connectivity index (χ4n) is 3.12. The van der Waals surface area contributed by atoms with E-state index in [0.29, 0.717) is 19.5 Å². The molecule has 0 fully saturated rings. The lowest BCUT2D eigenvalue weighted by atomic mass is 10.2. The number of hydrogen-bond donors (Lipinski definition) is 0. The molecule has 1 amide bonds. The summed E-state index contributed by atoms with van der Waals surface area (Å²) in [6.45, 7) is 6.79. The van der Waals surface area contributed by atoms with Crippen molar-refractivity contribution in [3.05, 3.63) is 68.0 Å². The molecule has 0 bridgehead atoms. The number of carbonyl (C=O) groups is 1. The molecule has 0 aliphatic carbocycles. The van der Waals surface area contributed by atoms with Crippen LogP contribution in [-0.4, -0.2) is 32.2 Å². The number of rotatable bonds is 6. The van der Waals surface area contributed by atoms with Crippen molar-refractivity contribution in [3.63, 3.8) is 0 Å². The summed E-state index contributed by atoms with van der Waals surface area (Å²) in [6, 6.07) is 9.96. The zero-order valence-corrected chi connectivity index (χ0v) is 16.9. The van der Waals surface area contributed by atoms with Gasteiger partial charge in [-0.15, -0.1) is 0 Å². The van der Waals surface area contributed by atoms with Crippen LogP contribution < -0.4 is 4.87 Å². The third-order valence-electron chi connectivity index (χ3n) is 4.79. The Kier molecular flexibility index (Phi) is 5.60. The molecular weight excluding hydrogens is 360 g/mol. The Balaban J connectivity index is 1.70. The first kappa shape index (κ1) is 19.1. The van der Waals surface area contributed by atoms with Crippen LogP contribution >= 0.6 is 11.3 Å². The molecule has 3 aromatic rings. The molecule has 2 heterocycles. The Labute approximate surface area is 162 Å². The normalized spacial score (nSPS) is 11.0. The van der Waals surface area contributed by atoms with Gasteiger partial charge in [0.25, 0.3) is 0 Å². The van der Waals surface area contributed by atoms with E-state index in [4.69, 9.17) is 0 Å². The number of benzene rings is 1. The second kappa shape index (κ2) is 7.92. The summed E-state index contributed by atoms with van der Waals surface area (Å²) in [5.74, 6) is 0.0127. The number of carbonyl (C=O) groups excluding carboxylic acids is 1. The molecule has 0 radical (unpaired) electrons. The second-order valence-electron chi connectivity index (χ2n) is 6.69. The fourth-order valence-corrected chi connectivity index (χ4v) is 3.88. The van der Waals surface area contributed by atoms with Gasteiger partial charge in [0.15, 0.2) is 0 Å². The molecule has 0 aliphatic heterocycles. The third-order valence-corrected chi connectivity index (χ3v) is 5.67. The molecule has 2 aromatic heterocycles.